The van der Waals surface area contributed by atoms with E-state index < -0.39 is 0 Å². The van der Waals surface area contributed by atoms with Crippen molar-refractivity contribution in [3.8, 4) is 0 Å². The van der Waals surface area contributed by atoms with Crippen LogP contribution in [0.25, 0.3) is 0 Å². The highest BCUT2D eigenvalue weighted by molar-refractivity contribution is 9.10. The van der Waals surface area contributed by atoms with Crippen LogP contribution in [0.2, 0.25) is 0 Å². The summed E-state index contributed by atoms with van der Waals surface area (Å²) < 4.78 is 8.87. The minimum Gasteiger partial charge on any atom is -0.365 e. The minimum absolute atomic E-state index is 0.00570. The standard InChI is InChI=1S/C18H21BrN4O2/c19-14-7-5-13(6-8-14)16-11-23-15(12-25-16)17(20-21-23)18(24)22-9-3-1-2-4-10-22/h5-8,16H,1-4,9-12H2/t16-/m0/s1. The molecule has 1 atom stereocenters. The van der Waals surface area contributed by atoms with E-state index in [9.17, 15) is 4.79 Å². The number of aromatic nitrogens is 3. The summed E-state index contributed by atoms with van der Waals surface area (Å²) in [5.41, 5.74) is 2.35. The fraction of sp³-hybridized carbons (Fsp3) is 0.500. The summed E-state index contributed by atoms with van der Waals surface area (Å²) >= 11 is 3.45. The van der Waals surface area contributed by atoms with Crippen molar-refractivity contribution in [2.75, 3.05) is 13.1 Å². The molecule has 6 nitrogen and oxygen atoms in total. The van der Waals surface area contributed by atoms with Gasteiger partial charge in [-0.05, 0) is 30.5 Å². The fourth-order valence-electron chi connectivity index (χ4n) is 3.48. The van der Waals surface area contributed by atoms with Gasteiger partial charge in [0, 0.05) is 17.6 Å². The maximum atomic E-state index is 12.8. The number of hydrogen-bond acceptors (Lipinski definition) is 4. The zero-order valence-corrected chi connectivity index (χ0v) is 15.6. The van der Waals surface area contributed by atoms with Crippen LogP contribution in [-0.2, 0) is 17.9 Å². The van der Waals surface area contributed by atoms with E-state index in [-0.39, 0.29) is 12.0 Å². The van der Waals surface area contributed by atoms with E-state index >= 15 is 0 Å². The van der Waals surface area contributed by atoms with Crippen molar-refractivity contribution in [1.29, 1.82) is 0 Å². The molecule has 0 aliphatic carbocycles. The first-order chi connectivity index (χ1) is 12.2. The molecule has 0 saturated carbocycles. The normalized spacial score (nSPS) is 20.8. The summed E-state index contributed by atoms with van der Waals surface area (Å²) in [4.78, 5) is 14.7. The molecule has 0 unspecified atom stereocenters. The van der Waals surface area contributed by atoms with Crippen LogP contribution in [0.4, 0.5) is 0 Å². The number of likely N-dealkylation sites (tertiary alicyclic amines) is 1. The third kappa shape index (κ3) is 3.48. The second-order valence-corrected chi connectivity index (χ2v) is 7.54. The zero-order chi connectivity index (χ0) is 17.2. The lowest BCUT2D eigenvalue weighted by atomic mass is 10.1. The Labute approximate surface area is 155 Å². The number of nitrogens with zero attached hydrogens (tertiary/aromatic N) is 4. The van der Waals surface area contributed by atoms with Crippen molar-refractivity contribution < 1.29 is 9.53 Å². The summed E-state index contributed by atoms with van der Waals surface area (Å²) in [5, 5.41) is 8.40. The quantitative estimate of drug-likeness (QED) is 0.769. The van der Waals surface area contributed by atoms with Gasteiger partial charge in [-0.25, -0.2) is 4.68 Å². The molecule has 0 N–H and O–H groups in total. The van der Waals surface area contributed by atoms with E-state index in [2.05, 4.69) is 26.2 Å². The second-order valence-electron chi connectivity index (χ2n) is 6.62. The Kier molecular flexibility index (Phi) is 4.85. The van der Waals surface area contributed by atoms with Crippen LogP contribution in [0.15, 0.2) is 28.7 Å². The van der Waals surface area contributed by atoms with Crippen molar-refractivity contribution in [2.24, 2.45) is 0 Å². The van der Waals surface area contributed by atoms with Gasteiger partial charge >= 0.3 is 0 Å². The summed E-state index contributed by atoms with van der Waals surface area (Å²) in [6.45, 7) is 2.57. The van der Waals surface area contributed by atoms with Crippen LogP contribution in [0.5, 0.6) is 0 Å². The largest absolute Gasteiger partial charge is 0.365 e. The third-order valence-corrected chi connectivity index (χ3v) is 5.46. The highest BCUT2D eigenvalue weighted by atomic mass is 79.9. The highest BCUT2D eigenvalue weighted by Crippen LogP contribution is 2.28. The lowest BCUT2D eigenvalue weighted by molar-refractivity contribution is -0.00195. The topological polar surface area (TPSA) is 60.3 Å². The van der Waals surface area contributed by atoms with Crippen LogP contribution < -0.4 is 0 Å². The van der Waals surface area contributed by atoms with Gasteiger partial charge < -0.3 is 9.64 Å². The molecule has 2 aliphatic heterocycles. The van der Waals surface area contributed by atoms with Crippen LogP contribution in [0.1, 0.15) is 53.5 Å². The number of fused-ring (bicyclic) bond motifs is 1. The molecule has 1 amide bonds. The first kappa shape index (κ1) is 16.7. The molecular formula is C18H21BrN4O2. The van der Waals surface area contributed by atoms with E-state index in [1.165, 1.54) is 12.8 Å². The molecule has 3 heterocycles. The smallest absolute Gasteiger partial charge is 0.276 e. The van der Waals surface area contributed by atoms with Crippen molar-refractivity contribution in [3.05, 3.63) is 45.7 Å². The van der Waals surface area contributed by atoms with Crippen molar-refractivity contribution in [1.82, 2.24) is 19.9 Å². The van der Waals surface area contributed by atoms with Gasteiger partial charge in [-0.3, -0.25) is 4.79 Å². The van der Waals surface area contributed by atoms with E-state index in [1.807, 2.05) is 33.8 Å². The number of carbonyl (C=O) groups is 1. The highest BCUT2D eigenvalue weighted by Gasteiger charge is 2.30. The molecule has 132 valence electrons. The number of amides is 1. The second kappa shape index (κ2) is 7.25. The summed E-state index contributed by atoms with van der Waals surface area (Å²) in [7, 11) is 0. The minimum atomic E-state index is -0.0663. The van der Waals surface area contributed by atoms with Gasteiger partial charge in [0.05, 0.1) is 18.8 Å². The molecule has 0 radical (unpaired) electrons. The number of carbonyl (C=O) groups excluding carboxylic acids is 1. The van der Waals surface area contributed by atoms with Gasteiger partial charge in [-0.2, -0.15) is 0 Å². The number of rotatable bonds is 2. The molecule has 2 aliphatic rings. The van der Waals surface area contributed by atoms with Gasteiger partial charge in [0.1, 0.15) is 6.10 Å². The Bertz CT molecular complexity index is 751. The molecule has 7 heteroatoms. The molecule has 1 aromatic carbocycles. The Balaban J connectivity index is 1.51. The predicted molar refractivity (Wildman–Crippen MR) is 96.1 cm³/mol. The summed E-state index contributed by atoms with van der Waals surface area (Å²) in [5.74, 6) is -0.00570. The molecule has 0 bridgehead atoms. The van der Waals surface area contributed by atoms with E-state index in [1.54, 1.807) is 0 Å². The molecule has 25 heavy (non-hydrogen) atoms. The molecular weight excluding hydrogens is 384 g/mol. The van der Waals surface area contributed by atoms with Crippen molar-refractivity contribution in [2.45, 2.75) is 44.9 Å². The number of halogens is 1. The lowest BCUT2D eigenvalue weighted by Crippen LogP contribution is -2.33. The molecule has 4 rings (SSSR count). The maximum Gasteiger partial charge on any atom is 0.276 e. The van der Waals surface area contributed by atoms with Crippen molar-refractivity contribution in [3.63, 3.8) is 0 Å². The molecule has 1 aromatic heterocycles. The Morgan fingerprint density at radius 3 is 2.56 bits per heavy atom. The van der Waals surface area contributed by atoms with Gasteiger partial charge in [-0.1, -0.05) is 46.1 Å². The predicted octanol–water partition coefficient (Wildman–Crippen LogP) is 3.33. The first-order valence-electron chi connectivity index (χ1n) is 8.81. The molecule has 1 saturated heterocycles. The Morgan fingerprint density at radius 1 is 1.12 bits per heavy atom. The van der Waals surface area contributed by atoms with Gasteiger partial charge in [-0.15, -0.1) is 5.10 Å². The van der Waals surface area contributed by atoms with Crippen LogP contribution >= 0.6 is 15.9 Å². The van der Waals surface area contributed by atoms with Gasteiger partial charge in [0.25, 0.3) is 5.91 Å². The summed E-state index contributed by atoms with van der Waals surface area (Å²) in [6.07, 6.45) is 4.46. The first-order valence-corrected chi connectivity index (χ1v) is 9.60. The molecule has 0 spiro atoms. The van der Waals surface area contributed by atoms with Crippen molar-refractivity contribution >= 4 is 21.8 Å². The average molecular weight is 405 g/mol. The SMILES string of the molecule is O=C(c1nnn2c1CO[C@H](c1ccc(Br)cc1)C2)N1CCCCCC1. The summed E-state index contributed by atoms with van der Waals surface area (Å²) in [6, 6.07) is 8.09. The van der Waals surface area contributed by atoms with Gasteiger partial charge in [0.2, 0.25) is 0 Å². The van der Waals surface area contributed by atoms with Crippen LogP contribution in [0.3, 0.4) is 0 Å². The Hall–Kier alpha value is -1.73. The van der Waals surface area contributed by atoms with E-state index in [4.69, 9.17) is 4.74 Å². The third-order valence-electron chi connectivity index (χ3n) is 4.94. The van der Waals surface area contributed by atoms with Crippen LogP contribution in [-0.4, -0.2) is 38.9 Å². The molecule has 2 aromatic rings. The maximum absolute atomic E-state index is 12.8. The van der Waals surface area contributed by atoms with Crippen LogP contribution in [0, 0.1) is 0 Å². The van der Waals surface area contributed by atoms with E-state index in [0.29, 0.717) is 18.8 Å². The average Bonchev–Trinajstić information content (AvgIpc) is 2.86. The van der Waals surface area contributed by atoms with Gasteiger partial charge in [0.15, 0.2) is 5.69 Å². The number of hydrogen-bond donors (Lipinski definition) is 0. The fourth-order valence-corrected chi connectivity index (χ4v) is 3.74. The van der Waals surface area contributed by atoms with E-state index in [0.717, 1.165) is 41.7 Å². The molecule has 1 fully saturated rings. The lowest BCUT2D eigenvalue weighted by Gasteiger charge is -2.25. The number of benzene rings is 1. The Morgan fingerprint density at radius 2 is 1.84 bits per heavy atom. The number of ether oxygens (including phenoxy) is 1. The monoisotopic (exact) mass is 404 g/mol. The zero-order valence-electron chi connectivity index (χ0n) is 14.0.